The predicted molar refractivity (Wildman–Crippen MR) is 107 cm³/mol. The first-order chi connectivity index (χ1) is 13.0. The van der Waals surface area contributed by atoms with Crippen molar-refractivity contribution < 1.29 is 18.8 Å². The summed E-state index contributed by atoms with van der Waals surface area (Å²) in [6.07, 6.45) is 1.88. The predicted octanol–water partition coefficient (Wildman–Crippen LogP) is 3.22. The van der Waals surface area contributed by atoms with E-state index in [1.54, 1.807) is 26.2 Å². The summed E-state index contributed by atoms with van der Waals surface area (Å²) in [6.45, 7) is 1.94. The van der Waals surface area contributed by atoms with E-state index in [4.69, 9.17) is 21.5 Å². The van der Waals surface area contributed by atoms with E-state index in [1.165, 1.54) is 16.7 Å². The Bertz CT molecular complexity index is 906. The van der Waals surface area contributed by atoms with Gasteiger partial charge in [-0.25, -0.2) is 0 Å². The van der Waals surface area contributed by atoms with Gasteiger partial charge in [0.2, 0.25) is 5.91 Å². The number of carbonyl (C=O) groups excluding carboxylic acids is 2. The van der Waals surface area contributed by atoms with Gasteiger partial charge in [-0.05, 0) is 30.7 Å². The number of aromatic nitrogens is 1. The summed E-state index contributed by atoms with van der Waals surface area (Å²) >= 11 is 6.51. The van der Waals surface area contributed by atoms with Gasteiger partial charge in [-0.15, -0.1) is 0 Å². The zero-order chi connectivity index (χ0) is 19.4. The highest BCUT2D eigenvalue weighted by atomic mass is 32.2. The molecule has 0 saturated carbocycles. The first-order valence-corrected chi connectivity index (χ1v) is 9.31. The number of ether oxygens (including phenoxy) is 1. The van der Waals surface area contributed by atoms with Gasteiger partial charge in [0.1, 0.15) is 15.8 Å². The lowest BCUT2D eigenvalue weighted by atomic mass is 10.2. The molecule has 0 bridgehead atoms. The number of thioether (sulfide) groups is 1. The number of rotatable bonds is 6. The molecule has 2 heterocycles. The third-order valence-electron chi connectivity index (χ3n) is 3.75. The lowest BCUT2D eigenvalue weighted by molar-refractivity contribution is -0.122. The number of benzene rings is 1. The molecule has 1 fully saturated rings. The van der Waals surface area contributed by atoms with Gasteiger partial charge in [0, 0.05) is 19.0 Å². The summed E-state index contributed by atoms with van der Waals surface area (Å²) in [5, 5.41) is 6.32. The van der Waals surface area contributed by atoms with E-state index in [9.17, 15) is 9.59 Å². The van der Waals surface area contributed by atoms with Crippen LogP contribution in [0.1, 0.15) is 17.7 Å². The minimum absolute atomic E-state index is 0.105. The molecule has 1 aromatic heterocycles. The summed E-state index contributed by atoms with van der Waals surface area (Å²) in [6, 6.07) is 8.98. The fourth-order valence-electron chi connectivity index (χ4n) is 2.39. The van der Waals surface area contributed by atoms with Gasteiger partial charge in [-0.1, -0.05) is 41.3 Å². The van der Waals surface area contributed by atoms with E-state index in [-0.39, 0.29) is 24.8 Å². The Morgan fingerprint density at radius 3 is 2.78 bits per heavy atom. The molecule has 140 valence electrons. The van der Waals surface area contributed by atoms with Crippen molar-refractivity contribution in [2.24, 2.45) is 0 Å². The number of aryl methyl sites for hydroxylation is 1. The zero-order valence-electron chi connectivity index (χ0n) is 14.7. The van der Waals surface area contributed by atoms with Crippen molar-refractivity contribution in [3.8, 4) is 5.75 Å². The van der Waals surface area contributed by atoms with E-state index >= 15 is 0 Å². The van der Waals surface area contributed by atoms with Crippen molar-refractivity contribution in [2.45, 2.75) is 13.3 Å². The molecule has 3 rings (SSSR count). The normalized spacial score (nSPS) is 15.5. The Morgan fingerprint density at radius 1 is 1.41 bits per heavy atom. The van der Waals surface area contributed by atoms with Crippen LogP contribution in [0.5, 0.6) is 5.75 Å². The summed E-state index contributed by atoms with van der Waals surface area (Å²) in [5.74, 6) is 1.23. The molecule has 1 aliphatic heterocycles. The van der Waals surface area contributed by atoms with Crippen LogP contribution in [0.25, 0.3) is 6.08 Å². The van der Waals surface area contributed by atoms with Crippen LogP contribution >= 0.6 is 24.0 Å². The molecule has 27 heavy (non-hydrogen) atoms. The van der Waals surface area contributed by atoms with Crippen LogP contribution in [0.15, 0.2) is 39.8 Å². The third kappa shape index (κ3) is 4.75. The minimum atomic E-state index is -0.267. The monoisotopic (exact) mass is 403 g/mol. The Balaban J connectivity index is 1.60. The number of methoxy groups -OCH3 is 1. The Kier molecular flexibility index (Phi) is 5.92. The maximum Gasteiger partial charge on any atom is 0.266 e. The molecule has 1 N–H and O–H groups in total. The van der Waals surface area contributed by atoms with Crippen LogP contribution in [0.2, 0.25) is 0 Å². The standard InChI is InChI=1S/C18H17N3O4S2/c1-11-9-15(20-25-11)19-16(22)7-8-21-17(23)14(27-18(21)26)10-12-3-5-13(24-2)6-4-12/h3-6,9-10H,7-8H2,1-2H3,(H,19,20,22)/b14-10-. The number of carbonyl (C=O) groups is 2. The molecule has 2 aromatic rings. The van der Waals surface area contributed by atoms with E-state index in [1.807, 2.05) is 24.3 Å². The lowest BCUT2D eigenvalue weighted by Gasteiger charge is -2.13. The number of nitrogens with zero attached hydrogens (tertiary/aromatic N) is 2. The second-order valence-corrected chi connectivity index (χ2v) is 7.40. The van der Waals surface area contributed by atoms with Crippen LogP contribution in [-0.4, -0.2) is 39.8 Å². The van der Waals surface area contributed by atoms with E-state index < -0.39 is 0 Å². The molecular formula is C18H17N3O4S2. The fraction of sp³-hybridized carbons (Fsp3) is 0.222. The molecule has 0 spiro atoms. The van der Waals surface area contributed by atoms with Gasteiger partial charge in [0.25, 0.3) is 5.91 Å². The quantitative estimate of drug-likeness (QED) is 0.585. The molecule has 0 unspecified atom stereocenters. The summed E-state index contributed by atoms with van der Waals surface area (Å²) in [5.41, 5.74) is 0.871. The third-order valence-corrected chi connectivity index (χ3v) is 5.12. The highest BCUT2D eigenvalue weighted by Gasteiger charge is 2.32. The number of thiocarbonyl (C=S) groups is 1. The SMILES string of the molecule is COc1ccc(/C=C2\SC(=S)N(CCC(=O)Nc3cc(C)on3)C2=O)cc1. The maximum atomic E-state index is 12.6. The van der Waals surface area contributed by atoms with Crippen LogP contribution in [0, 0.1) is 6.92 Å². The largest absolute Gasteiger partial charge is 0.497 e. The minimum Gasteiger partial charge on any atom is -0.497 e. The smallest absolute Gasteiger partial charge is 0.266 e. The van der Waals surface area contributed by atoms with Gasteiger partial charge < -0.3 is 14.6 Å². The lowest BCUT2D eigenvalue weighted by Crippen LogP contribution is -2.31. The molecular weight excluding hydrogens is 386 g/mol. The summed E-state index contributed by atoms with van der Waals surface area (Å²) in [4.78, 5) is 26.6. The molecule has 0 radical (unpaired) electrons. The van der Waals surface area contributed by atoms with Crippen LogP contribution in [-0.2, 0) is 9.59 Å². The number of hydrogen-bond acceptors (Lipinski definition) is 7. The van der Waals surface area contributed by atoms with E-state index in [0.717, 1.165) is 11.3 Å². The van der Waals surface area contributed by atoms with Crippen molar-refractivity contribution in [1.82, 2.24) is 10.1 Å². The van der Waals surface area contributed by atoms with E-state index in [2.05, 4.69) is 10.5 Å². The van der Waals surface area contributed by atoms with Gasteiger partial charge in [-0.3, -0.25) is 14.5 Å². The first kappa shape index (κ1) is 19.1. The van der Waals surface area contributed by atoms with Crippen LogP contribution in [0.4, 0.5) is 5.82 Å². The molecule has 1 aliphatic rings. The van der Waals surface area contributed by atoms with Gasteiger partial charge >= 0.3 is 0 Å². The van der Waals surface area contributed by atoms with Crippen LogP contribution < -0.4 is 10.1 Å². The number of amides is 2. The Morgan fingerprint density at radius 2 is 2.15 bits per heavy atom. The molecule has 0 aliphatic carbocycles. The number of anilines is 1. The highest BCUT2D eigenvalue weighted by Crippen LogP contribution is 2.32. The molecule has 1 aromatic carbocycles. The Hall–Kier alpha value is -2.65. The van der Waals surface area contributed by atoms with Crippen molar-refractivity contribution in [1.29, 1.82) is 0 Å². The molecule has 9 heteroatoms. The number of hydrogen-bond donors (Lipinski definition) is 1. The van der Waals surface area contributed by atoms with Crippen molar-refractivity contribution in [2.75, 3.05) is 19.0 Å². The zero-order valence-corrected chi connectivity index (χ0v) is 16.4. The molecule has 7 nitrogen and oxygen atoms in total. The summed E-state index contributed by atoms with van der Waals surface area (Å²) < 4.78 is 10.5. The number of nitrogens with one attached hydrogen (secondary N) is 1. The van der Waals surface area contributed by atoms with Crippen LogP contribution in [0.3, 0.4) is 0 Å². The molecule has 1 saturated heterocycles. The highest BCUT2D eigenvalue weighted by molar-refractivity contribution is 8.26. The van der Waals surface area contributed by atoms with Gasteiger partial charge in [0.15, 0.2) is 5.82 Å². The van der Waals surface area contributed by atoms with Gasteiger partial charge in [-0.2, -0.15) is 0 Å². The average Bonchev–Trinajstić information content (AvgIpc) is 3.17. The molecule has 0 atom stereocenters. The van der Waals surface area contributed by atoms with E-state index in [0.29, 0.717) is 20.8 Å². The molecule has 2 amide bonds. The van der Waals surface area contributed by atoms with Crippen molar-refractivity contribution in [3.63, 3.8) is 0 Å². The van der Waals surface area contributed by atoms with Gasteiger partial charge in [0.05, 0.1) is 12.0 Å². The Labute approximate surface area is 165 Å². The first-order valence-electron chi connectivity index (χ1n) is 8.09. The second kappa shape index (κ2) is 8.36. The van der Waals surface area contributed by atoms with Crippen molar-refractivity contribution in [3.05, 3.63) is 46.6 Å². The summed E-state index contributed by atoms with van der Waals surface area (Å²) in [7, 11) is 1.60. The van der Waals surface area contributed by atoms with Crippen molar-refractivity contribution >= 4 is 52.0 Å². The average molecular weight is 403 g/mol. The maximum absolute atomic E-state index is 12.6. The second-order valence-electron chi connectivity index (χ2n) is 5.73. The topological polar surface area (TPSA) is 84.7 Å². The fourth-order valence-corrected chi connectivity index (χ4v) is 3.70.